The van der Waals surface area contributed by atoms with Crippen LogP contribution in [-0.4, -0.2) is 24.0 Å². The van der Waals surface area contributed by atoms with Crippen LogP contribution in [0.4, 0.5) is 0 Å². The SMILES string of the molecule is O=COC(=O)[C@@]12N[C@H]1C1C=CC2[C@@H]2C[C@@H]12. The fourth-order valence-corrected chi connectivity index (χ4v) is 3.85. The van der Waals surface area contributed by atoms with Gasteiger partial charge < -0.3 is 4.74 Å². The highest BCUT2D eigenvalue weighted by Crippen LogP contribution is 2.67. The molecule has 0 aromatic heterocycles. The van der Waals surface area contributed by atoms with Crippen LogP contribution in [0.5, 0.6) is 0 Å². The summed E-state index contributed by atoms with van der Waals surface area (Å²) in [6, 6.07) is 0.226. The van der Waals surface area contributed by atoms with Crippen molar-refractivity contribution in [2.75, 3.05) is 0 Å². The van der Waals surface area contributed by atoms with Crippen molar-refractivity contribution in [3.63, 3.8) is 0 Å². The summed E-state index contributed by atoms with van der Waals surface area (Å²) in [5, 5.41) is 3.26. The van der Waals surface area contributed by atoms with E-state index in [0.717, 1.165) is 5.92 Å². The van der Waals surface area contributed by atoms with Crippen molar-refractivity contribution in [2.45, 2.75) is 18.0 Å². The van der Waals surface area contributed by atoms with E-state index in [0.29, 0.717) is 11.8 Å². The summed E-state index contributed by atoms with van der Waals surface area (Å²) in [6.07, 6.45) is 5.61. The second-order valence-electron chi connectivity index (χ2n) is 5.04. The van der Waals surface area contributed by atoms with Crippen LogP contribution in [0.3, 0.4) is 0 Å². The maximum Gasteiger partial charge on any atom is 0.336 e. The number of hydrogen-bond donors (Lipinski definition) is 1. The smallest absolute Gasteiger partial charge is 0.336 e. The third kappa shape index (κ3) is 0.718. The lowest BCUT2D eigenvalue weighted by Gasteiger charge is -2.33. The summed E-state index contributed by atoms with van der Waals surface area (Å²) in [6.45, 7) is 0.241. The van der Waals surface area contributed by atoms with Crippen molar-refractivity contribution in [3.05, 3.63) is 12.2 Å². The molecule has 5 rings (SSSR count). The van der Waals surface area contributed by atoms with E-state index in [1.807, 2.05) is 0 Å². The molecular formula is C11H11NO3. The first-order valence-electron chi connectivity index (χ1n) is 5.40. The molecular weight excluding hydrogens is 194 g/mol. The average molecular weight is 205 g/mol. The lowest BCUT2D eigenvalue weighted by molar-refractivity contribution is -0.155. The third-order valence-electron chi connectivity index (χ3n) is 4.59. The molecule has 1 N–H and O–H groups in total. The van der Waals surface area contributed by atoms with E-state index >= 15 is 0 Å². The molecule has 2 saturated carbocycles. The topological polar surface area (TPSA) is 65.3 Å². The van der Waals surface area contributed by atoms with Crippen LogP contribution in [0.25, 0.3) is 0 Å². The molecule has 0 aromatic carbocycles. The first-order chi connectivity index (χ1) is 7.29. The third-order valence-corrected chi connectivity index (χ3v) is 4.59. The van der Waals surface area contributed by atoms with Gasteiger partial charge in [-0.2, -0.15) is 0 Å². The van der Waals surface area contributed by atoms with E-state index in [1.165, 1.54) is 6.42 Å². The molecule has 4 nitrogen and oxygen atoms in total. The minimum Gasteiger partial charge on any atom is -0.394 e. The molecule has 5 aliphatic rings. The Kier molecular flexibility index (Phi) is 1.16. The first-order valence-corrected chi connectivity index (χ1v) is 5.40. The van der Waals surface area contributed by atoms with Crippen LogP contribution in [0, 0.1) is 23.7 Å². The number of hydrogen-bond acceptors (Lipinski definition) is 4. The molecule has 1 saturated heterocycles. The highest BCUT2D eigenvalue weighted by Gasteiger charge is 2.78. The molecule has 15 heavy (non-hydrogen) atoms. The van der Waals surface area contributed by atoms with Crippen molar-refractivity contribution in [1.82, 2.24) is 5.32 Å². The number of carbonyl (C=O) groups excluding carboxylic acids is 2. The van der Waals surface area contributed by atoms with Gasteiger partial charge in [-0.15, -0.1) is 0 Å². The Balaban J connectivity index is 1.73. The molecule has 0 amide bonds. The second-order valence-corrected chi connectivity index (χ2v) is 5.04. The normalized spacial score (nSPS) is 56.7. The van der Waals surface area contributed by atoms with E-state index < -0.39 is 5.54 Å². The highest BCUT2D eigenvalue weighted by atomic mass is 16.6. The first kappa shape index (κ1) is 8.05. The van der Waals surface area contributed by atoms with Gasteiger partial charge in [0.05, 0.1) is 0 Å². The number of ether oxygens (including phenoxy) is 1. The van der Waals surface area contributed by atoms with Crippen LogP contribution in [0.1, 0.15) is 6.42 Å². The molecule has 1 aliphatic heterocycles. The molecule has 0 spiro atoms. The fourth-order valence-electron chi connectivity index (χ4n) is 3.85. The van der Waals surface area contributed by atoms with E-state index in [-0.39, 0.29) is 24.4 Å². The van der Waals surface area contributed by atoms with Gasteiger partial charge >= 0.3 is 12.4 Å². The maximum atomic E-state index is 11.8. The number of carbonyl (C=O) groups is 2. The van der Waals surface area contributed by atoms with Gasteiger partial charge in [0.1, 0.15) is 5.54 Å². The molecule has 4 heteroatoms. The predicted molar refractivity (Wildman–Crippen MR) is 49.5 cm³/mol. The Labute approximate surface area is 86.7 Å². The molecule has 78 valence electrons. The fraction of sp³-hybridized carbons (Fsp3) is 0.636. The van der Waals surface area contributed by atoms with Crippen molar-refractivity contribution >= 4 is 12.4 Å². The van der Waals surface area contributed by atoms with Crippen LogP contribution >= 0.6 is 0 Å². The molecule has 1 heterocycles. The zero-order chi connectivity index (χ0) is 10.2. The van der Waals surface area contributed by atoms with Crippen molar-refractivity contribution < 1.29 is 14.3 Å². The quantitative estimate of drug-likeness (QED) is 0.224. The second kappa shape index (κ2) is 2.16. The Morgan fingerprint density at radius 3 is 3.13 bits per heavy atom. The van der Waals surface area contributed by atoms with E-state index in [4.69, 9.17) is 0 Å². The minimum atomic E-state index is -0.544. The largest absolute Gasteiger partial charge is 0.394 e. The lowest BCUT2D eigenvalue weighted by atomic mass is 9.69. The molecule has 6 atom stereocenters. The van der Waals surface area contributed by atoms with Gasteiger partial charge in [0.25, 0.3) is 0 Å². The number of rotatable bonds is 2. The molecule has 0 aromatic rings. The summed E-state index contributed by atoms with van der Waals surface area (Å²) < 4.78 is 4.53. The number of esters is 1. The Morgan fingerprint density at radius 1 is 1.47 bits per heavy atom. The van der Waals surface area contributed by atoms with Gasteiger partial charge in [-0.3, -0.25) is 10.1 Å². The van der Waals surface area contributed by atoms with E-state index in [1.54, 1.807) is 0 Å². The summed E-state index contributed by atoms with van der Waals surface area (Å²) in [5.41, 5.74) is -0.544. The predicted octanol–water partition coefficient (Wildman–Crippen LogP) is -0.152. The standard InChI is InChI=1S/C11H11NO3/c13-4-15-10(14)11-8-2-1-5(9(11)12-11)6-3-7(6)8/h1-2,4-9,12H,3H2/t5?,6-,7+,8?,9-,11-/m0/s1. The van der Waals surface area contributed by atoms with Gasteiger partial charge in [-0.25, -0.2) is 4.79 Å². The van der Waals surface area contributed by atoms with E-state index in [9.17, 15) is 9.59 Å². The Morgan fingerprint density at radius 2 is 2.33 bits per heavy atom. The molecule has 0 radical (unpaired) electrons. The van der Waals surface area contributed by atoms with Crippen LogP contribution < -0.4 is 5.32 Å². The Hall–Kier alpha value is -1.16. The van der Waals surface area contributed by atoms with Crippen LogP contribution in [0.2, 0.25) is 0 Å². The average Bonchev–Trinajstić information content (AvgIpc) is 3.11. The number of nitrogens with one attached hydrogen (secondary N) is 1. The molecule has 2 unspecified atom stereocenters. The van der Waals surface area contributed by atoms with Crippen molar-refractivity contribution in [2.24, 2.45) is 23.7 Å². The van der Waals surface area contributed by atoms with Crippen molar-refractivity contribution in [1.29, 1.82) is 0 Å². The molecule has 3 fully saturated rings. The zero-order valence-corrected chi connectivity index (χ0v) is 8.05. The lowest BCUT2D eigenvalue weighted by Crippen LogP contribution is -2.46. The summed E-state index contributed by atoms with van der Waals surface area (Å²) in [4.78, 5) is 22.0. The molecule has 4 aliphatic carbocycles. The zero-order valence-electron chi connectivity index (χ0n) is 8.05. The highest BCUT2D eigenvalue weighted by molar-refractivity contribution is 5.91. The summed E-state index contributed by atoms with van der Waals surface area (Å²) in [7, 11) is 0. The maximum absolute atomic E-state index is 11.8. The minimum absolute atomic E-state index is 0.226. The van der Waals surface area contributed by atoms with Gasteiger partial charge in [-0.1, -0.05) is 12.2 Å². The summed E-state index contributed by atoms with van der Waals surface area (Å²) in [5.74, 6) is 1.78. The molecule has 2 bridgehead atoms. The van der Waals surface area contributed by atoms with Gasteiger partial charge in [-0.05, 0) is 24.2 Å². The van der Waals surface area contributed by atoms with Gasteiger partial charge in [0, 0.05) is 12.0 Å². The monoisotopic (exact) mass is 205 g/mol. The van der Waals surface area contributed by atoms with Crippen LogP contribution in [-0.2, 0) is 14.3 Å². The van der Waals surface area contributed by atoms with Crippen molar-refractivity contribution in [3.8, 4) is 0 Å². The summed E-state index contributed by atoms with van der Waals surface area (Å²) >= 11 is 0. The van der Waals surface area contributed by atoms with Crippen LogP contribution in [0.15, 0.2) is 12.2 Å². The van der Waals surface area contributed by atoms with Gasteiger partial charge in [0.2, 0.25) is 0 Å². The van der Waals surface area contributed by atoms with Gasteiger partial charge in [0.15, 0.2) is 0 Å². The Bertz CT molecular complexity index is 405. The van der Waals surface area contributed by atoms with E-state index in [2.05, 4.69) is 22.2 Å².